The lowest BCUT2D eigenvalue weighted by Crippen LogP contribution is -2.37. The highest BCUT2D eigenvalue weighted by Crippen LogP contribution is 2.22. The zero-order chi connectivity index (χ0) is 16.9. The number of carbonyl (C=O) groups is 1. The first kappa shape index (κ1) is 17.7. The molecule has 0 saturated heterocycles. The number of hydrogen-bond acceptors (Lipinski definition) is 3. The van der Waals surface area contributed by atoms with Crippen LogP contribution in [-0.4, -0.2) is 39.4 Å². The van der Waals surface area contributed by atoms with Crippen LogP contribution >= 0.6 is 0 Å². The lowest BCUT2D eigenvalue weighted by Gasteiger charge is -2.30. The van der Waals surface area contributed by atoms with Crippen LogP contribution in [0, 0.1) is 0 Å². The van der Waals surface area contributed by atoms with Crippen molar-refractivity contribution in [2.45, 2.75) is 43.0 Å². The molecule has 1 saturated carbocycles. The molecule has 0 atom stereocenters. The summed E-state index contributed by atoms with van der Waals surface area (Å²) in [6.45, 7) is 0. The predicted octanol–water partition coefficient (Wildman–Crippen LogP) is 2.40. The highest BCUT2D eigenvalue weighted by Gasteiger charge is 2.20. The first-order valence-corrected chi connectivity index (χ1v) is 9.41. The molecule has 1 aliphatic carbocycles. The number of rotatable bonds is 5. The van der Waals surface area contributed by atoms with Crippen LogP contribution in [0.4, 0.5) is 0 Å². The third-order valence-corrected chi connectivity index (χ3v) is 5.78. The van der Waals surface area contributed by atoms with Gasteiger partial charge in [-0.2, -0.15) is 0 Å². The van der Waals surface area contributed by atoms with Crippen molar-refractivity contribution < 1.29 is 13.2 Å². The van der Waals surface area contributed by atoms with E-state index < -0.39 is 10.0 Å². The summed E-state index contributed by atoms with van der Waals surface area (Å²) in [6.07, 6.45) is 9.06. The quantitative estimate of drug-likeness (QED) is 0.840. The summed E-state index contributed by atoms with van der Waals surface area (Å²) < 4.78 is 25.6. The minimum Gasteiger partial charge on any atom is -0.339 e. The summed E-state index contributed by atoms with van der Waals surface area (Å²) in [4.78, 5) is 14.2. The van der Waals surface area contributed by atoms with Gasteiger partial charge in [0.1, 0.15) is 0 Å². The Balaban J connectivity index is 2.00. The van der Waals surface area contributed by atoms with E-state index >= 15 is 0 Å². The fourth-order valence-electron chi connectivity index (χ4n) is 2.81. The Kier molecular flexibility index (Phi) is 5.96. The second-order valence-electron chi connectivity index (χ2n) is 5.85. The van der Waals surface area contributed by atoms with Gasteiger partial charge < -0.3 is 4.90 Å². The Labute approximate surface area is 138 Å². The number of nitrogens with zero attached hydrogens (tertiary/aromatic N) is 1. The smallest absolute Gasteiger partial charge is 0.246 e. The summed E-state index contributed by atoms with van der Waals surface area (Å²) in [7, 11) is -0.193. The number of benzene rings is 1. The highest BCUT2D eigenvalue weighted by molar-refractivity contribution is 7.89. The maximum atomic E-state index is 12.2. The van der Waals surface area contributed by atoms with Gasteiger partial charge in [-0.25, -0.2) is 13.1 Å². The van der Waals surface area contributed by atoms with Gasteiger partial charge in [0.2, 0.25) is 15.9 Å². The van der Waals surface area contributed by atoms with Crippen LogP contribution in [0.25, 0.3) is 6.08 Å². The minimum absolute atomic E-state index is 0.0103. The van der Waals surface area contributed by atoms with Crippen molar-refractivity contribution in [3.05, 3.63) is 35.9 Å². The Morgan fingerprint density at radius 1 is 1.17 bits per heavy atom. The van der Waals surface area contributed by atoms with Crippen molar-refractivity contribution in [3.63, 3.8) is 0 Å². The molecule has 1 amide bonds. The van der Waals surface area contributed by atoms with Crippen LogP contribution in [0.3, 0.4) is 0 Å². The van der Waals surface area contributed by atoms with Gasteiger partial charge >= 0.3 is 0 Å². The molecule has 0 heterocycles. The van der Waals surface area contributed by atoms with Crippen molar-refractivity contribution >= 4 is 22.0 Å². The van der Waals surface area contributed by atoms with E-state index in [1.54, 1.807) is 24.3 Å². The van der Waals surface area contributed by atoms with Crippen LogP contribution in [0.5, 0.6) is 0 Å². The fourth-order valence-corrected chi connectivity index (χ4v) is 3.54. The van der Waals surface area contributed by atoms with E-state index in [1.807, 2.05) is 11.9 Å². The fraction of sp³-hybridized carbons (Fsp3) is 0.471. The molecule has 0 unspecified atom stereocenters. The number of amides is 1. The maximum Gasteiger partial charge on any atom is 0.246 e. The van der Waals surface area contributed by atoms with Gasteiger partial charge in [-0.1, -0.05) is 31.4 Å². The van der Waals surface area contributed by atoms with Gasteiger partial charge in [-0.3, -0.25) is 4.79 Å². The molecule has 0 spiro atoms. The number of likely N-dealkylation sites (N-methyl/N-ethyl adjacent to an activating group) is 1. The Morgan fingerprint density at radius 3 is 2.35 bits per heavy atom. The number of sulfonamides is 1. The van der Waals surface area contributed by atoms with Gasteiger partial charge in [0.25, 0.3) is 0 Å². The molecular weight excluding hydrogens is 312 g/mol. The molecular formula is C17H24N2O3S. The van der Waals surface area contributed by atoms with Crippen LogP contribution in [-0.2, 0) is 14.8 Å². The van der Waals surface area contributed by atoms with Crippen LogP contribution in [0.15, 0.2) is 35.2 Å². The molecule has 126 valence electrons. The zero-order valence-corrected chi connectivity index (χ0v) is 14.5. The van der Waals surface area contributed by atoms with Crippen LogP contribution in [0.1, 0.15) is 37.7 Å². The van der Waals surface area contributed by atoms with Crippen LogP contribution < -0.4 is 4.72 Å². The summed E-state index contributed by atoms with van der Waals surface area (Å²) in [6, 6.07) is 6.77. The SMILES string of the molecule is CNS(=O)(=O)c1ccc(/C=C/C(=O)N(C)C2CCCCC2)cc1. The van der Waals surface area contributed by atoms with Crippen molar-refractivity contribution in [1.82, 2.24) is 9.62 Å². The molecule has 1 aromatic carbocycles. The maximum absolute atomic E-state index is 12.2. The molecule has 23 heavy (non-hydrogen) atoms. The molecule has 1 N–H and O–H groups in total. The second-order valence-corrected chi connectivity index (χ2v) is 7.74. The van der Waals surface area contributed by atoms with E-state index in [-0.39, 0.29) is 10.8 Å². The molecule has 1 aliphatic rings. The van der Waals surface area contributed by atoms with E-state index in [1.165, 1.54) is 38.4 Å². The molecule has 5 nitrogen and oxygen atoms in total. The van der Waals surface area contributed by atoms with Gasteiger partial charge in [0, 0.05) is 19.2 Å². The molecule has 1 aromatic rings. The lowest BCUT2D eigenvalue weighted by atomic mass is 9.94. The van der Waals surface area contributed by atoms with E-state index in [0.717, 1.165) is 18.4 Å². The molecule has 0 aliphatic heterocycles. The summed E-state index contributed by atoms with van der Waals surface area (Å²) in [5.41, 5.74) is 0.797. The lowest BCUT2D eigenvalue weighted by molar-refractivity contribution is -0.127. The van der Waals surface area contributed by atoms with Gasteiger partial charge in [0.15, 0.2) is 0 Å². The van der Waals surface area contributed by atoms with E-state index in [9.17, 15) is 13.2 Å². The van der Waals surface area contributed by atoms with Gasteiger partial charge in [-0.15, -0.1) is 0 Å². The second kappa shape index (κ2) is 7.75. The third kappa shape index (κ3) is 4.65. The third-order valence-electron chi connectivity index (χ3n) is 4.35. The van der Waals surface area contributed by atoms with E-state index in [4.69, 9.17) is 0 Å². The molecule has 0 aromatic heterocycles. The summed E-state index contributed by atoms with van der Waals surface area (Å²) in [5, 5.41) is 0. The average molecular weight is 336 g/mol. The zero-order valence-electron chi connectivity index (χ0n) is 13.7. The molecule has 6 heteroatoms. The number of carbonyl (C=O) groups excluding carboxylic acids is 1. The van der Waals surface area contributed by atoms with E-state index in [2.05, 4.69) is 4.72 Å². The standard InChI is InChI=1S/C17H24N2O3S/c1-18-23(21,22)16-11-8-14(9-12-16)10-13-17(20)19(2)15-6-4-3-5-7-15/h8-13,15,18H,3-7H2,1-2H3/b13-10+. The van der Waals surface area contributed by atoms with Gasteiger partial charge in [-0.05, 0) is 43.7 Å². The molecule has 0 radical (unpaired) electrons. The topological polar surface area (TPSA) is 66.5 Å². The van der Waals surface area contributed by atoms with Crippen molar-refractivity contribution in [2.24, 2.45) is 0 Å². The normalized spacial score (nSPS) is 16.6. The summed E-state index contributed by atoms with van der Waals surface area (Å²) >= 11 is 0. The molecule has 0 bridgehead atoms. The Hall–Kier alpha value is -1.66. The average Bonchev–Trinajstić information content (AvgIpc) is 2.60. The highest BCUT2D eigenvalue weighted by atomic mass is 32.2. The monoisotopic (exact) mass is 336 g/mol. The van der Waals surface area contributed by atoms with Crippen molar-refractivity contribution in [2.75, 3.05) is 14.1 Å². The molecule has 2 rings (SSSR count). The largest absolute Gasteiger partial charge is 0.339 e. The first-order chi connectivity index (χ1) is 10.9. The number of nitrogens with one attached hydrogen (secondary N) is 1. The number of hydrogen-bond donors (Lipinski definition) is 1. The summed E-state index contributed by atoms with van der Waals surface area (Å²) in [5.74, 6) is -0.0103. The molecule has 1 fully saturated rings. The van der Waals surface area contributed by atoms with E-state index in [0.29, 0.717) is 6.04 Å². The van der Waals surface area contributed by atoms with Crippen LogP contribution in [0.2, 0.25) is 0 Å². The van der Waals surface area contributed by atoms with Crippen molar-refractivity contribution in [1.29, 1.82) is 0 Å². The minimum atomic E-state index is -3.42. The van der Waals surface area contributed by atoms with Crippen molar-refractivity contribution in [3.8, 4) is 0 Å². The predicted molar refractivity (Wildman–Crippen MR) is 91.4 cm³/mol. The Bertz CT molecular complexity index is 660. The first-order valence-electron chi connectivity index (χ1n) is 7.92. The van der Waals surface area contributed by atoms with Gasteiger partial charge in [0.05, 0.1) is 4.90 Å². The Morgan fingerprint density at radius 2 is 1.78 bits per heavy atom.